The minimum atomic E-state index is 0.267. The molecule has 3 rings (SSSR count). The second kappa shape index (κ2) is 4.64. The van der Waals surface area contributed by atoms with Gasteiger partial charge in [-0.25, -0.2) is 0 Å². The van der Waals surface area contributed by atoms with Gasteiger partial charge in [0.05, 0.1) is 4.88 Å². The Balaban J connectivity index is 1.85. The zero-order chi connectivity index (χ0) is 12.9. The van der Waals surface area contributed by atoms with Crippen molar-refractivity contribution in [2.45, 2.75) is 56.4 Å². The number of nitrogens with zero attached hydrogens (tertiary/aromatic N) is 1. The molecule has 0 aromatic carbocycles. The van der Waals surface area contributed by atoms with Crippen LogP contribution in [0.15, 0.2) is 6.07 Å². The molecule has 2 bridgehead atoms. The summed E-state index contributed by atoms with van der Waals surface area (Å²) in [6, 6.07) is 2.98. The Bertz CT molecular complexity index is 451. The Morgan fingerprint density at radius 1 is 1.33 bits per heavy atom. The van der Waals surface area contributed by atoms with Gasteiger partial charge in [-0.05, 0) is 51.2 Å². The van der Waals surface area contributed by atoms with Gasteiger partial charge >= 0.3 is 0 Å². The summed E-state index contributed by atoms with van der Waals surface area (Å²) in [5, 5.41) is 0. The van der Waals surface area contributed by atoms with Gasteiger partial charge in [-0.1, -0.05) is 15.9 Å². The number of rotatable bonds is 1. The minimum Gasteiger partial charge on any atom is -0.332 e. The van der Waals surface area contributed by atoms with Crippen LogP contribution in [0.25, 0.3) is 0 Å². The molecular weight excluding hydrogens is 310 g/mol. The molecule has 0 aliphatic carbocycles. The highest BCUT2D eigenvalue weighted by Gasteiger charge is 2.43. The number of fused-ring (bicyclic) bond motifs is 2. The molecule has 1 aromatic rings. The molecule has 0 radical (unpaired) electrons. The molecule has 18 heavy (non-hydrogen) atoms. The SMILES string of the molecule is Cc1cc(C(=O)N2C3CCC2CC(Br)C3)sc1C. The lowest BCUT2D eigenvalue weighted by atomic mass is 10.0. The van der Waals surface area contributed by atoms with Crippen molar-refractivity contribution in [1.29, 1.82) is 0 Å². The number of alkyl halides is 1. The molecule has 2 atom stereocenters. The van der Waals surface area contributed by atoms with Crippen molar-refractivity contribution in [3.05, 3.63) is 21.4 Å². The van der Waals surface area contributed by atoms with Gasteiger partial charge in [-0.3, -0.25) is 4.79 Å². The average molecular weight is 328 g/mol. The molecule has 0 spiro atoms. The maximum absolute atomic E-state index is 12.7. The van der Waals surface area contributed by atoms with Crippen LogP contribution < -0.4 is 0 Å². The molecule has 3 heterocycles. The van der Waals surface area contributed by atoms with E-state index in [1.54, 1.807) is 11.3 Å². The van der Waals surface area contributed by atoms with Gasteiger partial charge in [0.15, 0.2) is 0 Å². The molecule has 4 heteroatoms. The molecule has 2 aliphatic rings. The number of aryl methyl sites for hydroxylation is 2. The average Bonchev–Trinajstić information content (AvgIpc) is 2.78. The zero-order valence-corrected chi connectivity index (χ0v) is 13.2. The van der Waals surface area contributed by atoms with E-state index in [1.807, 2.05) is 0 Å². The topological polar surface area (TPSA) is 20.3 Å². The maximum atomic E-state index is 12.7. The normalized spacial score (nSPS) is 30.8. The van der Waals surface area contributed by atoms with E-state index in [0.717, 1.165) is 17.7 Å². The van der Waals surface area contributed by atoms with Crippen LogP contribution in [0.1, 0.15) is 45.8 Å². The van der Waals surface area contributed by atoms with Crippen LogP contribution in [-0.2, 0) is 0 Å². The van der Waals surface area contributed by atoms with Gasteiger partial charge in [0.1, 0.15) is 0 Å². The monoisotopic (exact) mass is 327 g/mol. The van der Waals surface area contributed by atoms with E-state index in [9.17, 15) is 4.79 Å². The van der Waals surface area contributed by atoms with Crippen LogP contribution in [0.3, 0.4) is 0 Å². The highest BCUT2D eigenvalue weighted by molar-refractivity contribution is 9.09. The number of hydrogen-bond acceptors (Lipinski definition) is 2. The third kappa shape index (κ3) is 2.03. The molecule has 2 saturated heterocycles. The predicted octanol–water partition coefficient (Wildman–Crippen LogP) is 3.90. The van der Waals surface area contributed by atoms with Crippen molar-refractivity contribution in [1.82, 2.24) is 4.90 Å². The van der Waals surface area contributed by atoms with Crippen molar-refractivity contribution in [2.24, 2.45) is 0 Å². The summed E-state index contributed by atoms with van der Waals surface area (Å²) in [4.78, 5) is 17.6. The predicted molar refractivity (Wildman–Crippen MR) is 78.7 cm³/mol. The Kier molecular flexibility index (Phi) is 3.27. The number of hydrogen-bond donors (Lipinski definition) is 0. The van der Waals surface area contributed by atoms with Crippen molar-refractivity contribution in [3.63, 3.8) is 0 Å². The lowest BCUT2D eigenvalue weighted by Gasteiger charge is -2.37. The number of carbonyl (C=O) groups excluding carboxylic acids is 1. The van der Waals surface area contributed by atoms with Gasteiger partial charge in [-0.15, -0.1) is 11.3 Å². The standard InChI is InChI=1S/C14H18BrNOS/c1-8-5-13(18-9(8)2)14(17)16-11-3-4-12(16)7-10(15)6-11/h5,10-12H,3-4,6-7H2,1-2H3. The maximum Gasteiger partial charge on any atom is 0.264 e. The van der Waals surface area contributed by atoms with Crippen LogP contribution in [0, 0.1) is 13.8 Å². The van der Waals surface area contributed by atoms with Gasteiger partial charge in [0.2, 0.25) is 0 Å². The largest absolute Gasteiger partial charge is 0.332 e. The zero-order valence-electron chi connectivity index (χ0n) is 10.8. The van der Waals surface area contributed by atoms with Crippen LogP contribution in [0.2, 0.25) is 0 Å². The summed E-state index contributed by atoms with van der Waals surface area (Å²) >= 11 is 5.37. The van der Waals surface area contributed by atoms with E-state index < -0.39 is 0 Å². The summed E-state index contributed by atoms with van der Waals surface area (Å²) in [6.07, 6.45) is 4.60. The van der Waals surface area contributed by atoms with Crippen LogP contribution in [-0.4, -0.2) is 27.7 Å². The van der Waals surface area contributed by atoms with E-state index in [4.69, 9.17) is 0 Å². The van der Waals surface area contributed by atoms with Crippen LogP contribution >= 0.6 is 27.3 Å². The van der Waals surface area contributed by atoms with E-state index in [1.165, 1.54) is 23.3 Å². The van der Waals surface area contributed by atoms with Crippen LogP contribution in [0.5, 0.6) is 0 Å². The summed E-state index contributed by atoms with van der Waals surface area (Å²) in [5.74, 6) is 0.267. The number of carbonyl (C=O) groups is 1. The summed E-state index contributed by atoms with van der Waals surface area (Å²) in [6.45, 7) is 4.18. The number of amides is 1. The molecule has 1 aromatic heterocycles. The van der Waals surface area contributed by atoms with Crippen molar-refractivity contribution < 1.29 is 4.79 Å². The first-order valence-electron chi connectivity index (χ1n) is 6.60. The lowest BCUT2D eigenvalue weighted by molar-refractivity contribution is 0.0608. The Hall–Kier alpha value is -0.350. The molecule has 2 aliphatic heterocycles. The Labute approximate surface area is 120 Å². The molecule has 2 nitrogen and oxygen atoms in total. The molecule has 98 valence electrons. The first-order chi connectivity index (χ1) is 8.56. The first kappa shape index (κ1) is 12.7. The number of piperidine rings is 1. The number of halogens is 1. The van der Waals surface area contributed by atoms with E-state index >= 15 is 0 Å². The van der Waals surface area contributed by atoms with Gasteiger partial charge < -0.3 is 4.90 Å². The van der Waals surface area contributed by atoms with Gasteiger partial charge in [0, 0.05) is 21.8 Å². The lowest BCUT2D eigenvalue weighted by Crippen LogP contribution is -2.46. The summed E-state index contributed by atoms with van der Waals surface area (Å²) in [7, 11) is 0. The van der Waals surface area contributed by atoms with Gasteiger partial charge in [0.25, 0.3) is 5.91 Å². The van der Waals surface area contributed by atoms with Crippen molar-refractivity contribution in [2.75, 3.05) is 0 Å². The molecular formula is C14H18BrNOS. The molecule has 2 fully saturated rings. The highest BCUT2D eigenvalue weighted by atomic mass is 79.9. The fourth-order valence-corrected chi connectivity index (χ4v) is 5.09. The van der Waals surface area contributed by atoms with Crippen LogP contribution in [0.4, 0.5) is 0 Å². The van der Waals surface area contributed by atoms with Crippen molar-refractivity contribution >= 4 is 33.2 Å². The second-order valence-corrected chi connectivity index (χ2v) is 8.07. The van der Waals surface area contributed by atoms with E-state index in [0.29, 0.717) is 16.9 Å². The fraction of sp³-hybridized carbons (Fsp3) is 0.643. The van der Waals surface area contributed by atoms with Gasteiger partial charge in [-0.2, -0.15) is 0 Å². The summed E-state index contributed by atoms with van der Waals surface area (Å²) < 4.78 is 0. The third-order valence-corrected chi connectivity index (χ3v) is 6.18. The van der Waals surface area contributed by atoms with E-state index in [-0.39, 0.29) is 5.91 Å². The highest BCUT2D eigenvalue weighted by Crippen LogP contribution is 2.40. The molecule has 0 N–H and O–H groups in total. The third-order valence-electron chi connectivity index (χ3n) is 4.29. The smallest absolute Gasteiger partial charge is 0.264 e. The first-order valence-corrected chi connectivity index (χ1v) is 8.33. The molecule has 2 unspecified atom stereocenters. The Morgan fingerprint density at radius 2 is 1.94 bits per heavy atom. The molecule has 0 saturated carbocycles. The number of thiophene rings is 1. The Morgan fingerprint density at radius 3 is 2.44 bits per heavy atom. The second-order valence-electron chi connectivity index (χ2n) is 5.52. The minimum absolute atomic E-state index is 0.267. The van der Waals surface area contributed by atoms with Crippen molar-refractivity contribution in [3.8, 4) is 0 Å². The molecule has 1 amide bonds. The fourth-order valence-electron chi connectivity index (χ4n) is 3.25. The van der Waals surface area contributed by atoms with E-state index in [2.05, 4.69) is 40.7 Å². The summed E-state index contributed by atoms with van der Waals surface area (Å²) in [5.41, 5.74) is 1.24. The quantitative estimate of drug-likeness (QED) is 0.716.